The molecule has 0 spiro atoms. The Kier molecular flexibility index (Phi) is 6.90. The third-order valence-electron chi connectivity index (χ3n) is 10.2. The molecule has 0 bridgehead atoms. The van der Waals surface area contributed by atoms with Crippen LogP contribution in [0, 0.1) is 0 Å². The number of nitrogens with zero attached hydrogens (tertiary/aromatic N) is 2. The van der Waals surface area contributed by atoms with Crippen LogP contribution in [0.2, 0.25) is 0 Å². The monoisotopic (exact) mass is 714 g/mol. The summed E-state index contributed by atoms with van der Waals surface area (Å²) in [6.45, 7) is 0. The first-order valence-electron chi connectivity index (χ1n) is 17.8. The molecule has 0 radical (unpaired) electrons. The van der Waals surface area contributed by atoms with Gasteiger partial charge in [-0.05, 0) is 78.9 Å². The molecule has 5 heteroatoms. The lowest BCUT2D eigenvalue weighted by Gasteiger charge is -2.25. The van der Waals surface area contributed by atoms with Crippen molar-refractivity contribution in [3.8, 4) is 0 Å². The van der Waals surface area contributed by atoms with E-state index in [4.69, 9.17) is 4.42 Å². The highest BCUT2D eigenvalue weighted by Crippen LogP contribution is 2.46. The molecule has 0 saturated heterocycles. The van der Waals surface area contributed by atoms with Crippen LogP contribution in [0.15, 0.2) is 186 Å². The molecule has 0 aliphatic heterocycles. The fourth-order valence-electron chi connectivity index (χ4n) is 7.82. The maximum Gasteiger partial charge on any atom is 0.159 e. The number of fused-ring (bicyclic) bond motifs is 9. The summed E-state index contributed by atoms with van der Waals surface area (Å²) >= 11 is 3.68. The molecule has 0 unspecified atom stereocenters. The number of para-hydroxylation sites is 3. The lowest BCUT2D eigenvalue weighted by atomic mass is 10.1. The van der Waals surface area contributed by atoms with Gasteiger partial charge in [0.05, 0.1) is 5.69 Å². The van der Waals surface area contributed by atoms with Gasteiger partial charge in [0.1, 0.15) is 5.58 Å². The molecule has 8 aromatic carbocycles. The molecule has 3 nitrogen and oxygen atoms in total. The van der Waals surface area contributed by atoms with Crippen molar-refractivity contribution < 1.29 is 4.42 Å². The van der Waals surface area contributed by atoms with E-state index in [9.17, 15) is 0 Å². The van der Waals surface area contributed by atoms with E-state index in [1.54, 1.807) is 0 Å². The Morgan fingerprint density at radius 1 is 0.321 bits per heavy atom. The van der Waals surface area contributed by atoms with Crippen molar-refractivity contribution in [1.82, 2.24) is 0 Å². The van der Waals surface area contributed by atoms with Crippen molar-refractivity contribution in [1.29, 1.82) is 0 Å². The lowest BCUT2D eigenvalue weighted by Crippen LogP contribution is -2.09. The number of rotatable bonds is 6. The summed E-state index contributed by atoms with van der Waals surface area (Å²) in [6.07, 6.45) is 0. The summed E-state index contributed by atoms with van der Waals surface area (Å²) in [7, 11) is 0. The fourth-order valence-corrected chi connectivity index (χ4v) is 10.1. The average molecular weight is 715 g/mol. The van der Waals surface area contributed by atoms with Crippen molar-refractivity contribution in [2.45, 2.75) is 0 Å². The van der Waals surface area contributed by atoms with E-state index in [1.807, 2.05) is 22.7 Å². The Labute approximate surface area is 313 Å². The molecule has 0 aliphatic carbocycles. The smallest absolute Gasteiger partial charge is 0.159 e. The van der Waals surface area contributed by atoms with Gasteiger partial charge >= 0.3 is 0 Å². The van der Waals surface area contributed by atoms with E-state index in [0.29, 0.717) is 0 Å². The van der Waals surface area contributed by atoms with E-state index in [0.717, 1.165) is 56.1 Å². The molecule has 0 N–H and O–H groups in total. The number of anilines is 6. The van der Waals surface area contributed by atoms with Gasteiger partial charge in [0, 0.05) is 85.6 Å². The topological polar surface area (TPSA) is 19.6 Å². The third-order valence-corrected chi connectivity index (χ3v) is 12.5. The first kappa shape index (κ1) is 30.2. The average Bonchev–Trinajstić information content (AvgIpc) is 3.90. The van der Waals surface area contributed by atoms with Crippen LogP contribution in [0.25, 0.3) is 62.3 Å². The molecule has 0 aliphatic rings. The van der Waals surface area contributed by atoms with Crippen LogP contribution in [0.1, 0.15) is 0 Å². The SMILES string of the molecule is c1ccc(N(c2ccc3c(c2)oc2c(N(c4ccccc4)c4ccc5c(c4)sc4ccccc45)cccc23)c2ccc3c(c2)sc2ccccc23)cc1. The van der Waals surface area contributed by atoms with Gasteiger partial charge in [-0.2, -0.15) is 0 Å². The Hall–Kier alpha value is -6.40. The highest BCUT2D eigenvalue weighted by molar-refractivity contribution is 7.26. The molecule has 3 aromatic heterocycles. The standard InChI is InChI=1S/C48H30N2OS2/c1-3-12-31(13-4-1)49(34-23-26-39-37-16-7-9-20-44(37)52-46(39)29-34)33-22-25-36-41-18-11-19-42(48(41)51-43(36)28-33)50(32-14-5-2-6-15-32)35-24-27-40-38-17-8-10-21-45(38)53-47(40)30-35/h1-30H. The minimum absolute atomic E-state index is 0.849. The van der Waals surface area contributed by atoms with Gasteiger partial charge in [0.2, 0.25) is 0 Å². The zero-order valence-corrected chi connectivity index (χ0v) is 30.1. The fraction of sp³-hybridized carbons (Fsp3) is 0. The van der Waals surface area contributed by atoms with E-state index in [1.165, 1.54) is 40.3 Å². The second-order valence-corrected chi connectivity index (χ2v) is 15.5. The van der Waals surface area contributed by atoms with Gasteiger partial charge in [0.15, 0.2) is 5.58 Å². The summed E-state index contributed by atoms with van der Waals surface area (Å²) in [4.78, 5) is 4.65. The predicted molar refractivity (Wildman–Crippen MR) is 229 cm³/mol. The number of benzene rings is 8. The highest BCUT2D eigenvalue weighted by atomic mass is 32.1. The van der Waals surface area contributed by atoms with E-state index < -0.39 is 0 Å². The van der Waals surface area contributed by atoms with Crippen molar-refractivity contribution in [2.24, 2.45) is 0 Å². The predicted octanol–water partition coefficient (Wildman–Crippen LogP) is 15.3. The van der Waals surface area contributed by atoms with Gasteiger partial charge in [-0.1, -0.05) is 97.1 Å². The quantitative estimate of drug-likeness (QED) is 0.171. The zero-order chi connectivity index (χ0) is 34.9. The van der Waals surface area contributed by atoms with E-state index in [-0.39, 0.29) is 0 Å². The van der Waals surface area contributed by atoms with Crippen LogP contribution in [0.4, 0.5) is 34.1 Å². The molecule has 11 rings (SSSR count). The van der Waals surface area contributed by atoms with Crippen LogP contribution in [0.5, 0.6) is 0 Å². The minimum Gasteiger partial charge on any atom is -0.454 e. The number of furan rings is 1. The molecular weight excluding hydrogens is 685 g/mol. The molecule has 0 saturated carbocycles. The number of thiophene rings is 2. The largest absolute Gasteiger partial charge is 0.454 e. The maximum atomic E-state index is 6.95. The minimum atomic E-state index is 0.849. The van der Waals surface area contributed by atoms with Crippen molar-refractivity contribution in [3.63, 3.8) is 0 Å². The Morgan fingerprint density at radius 3 is 1.42 bits per heavy atom. The summed E-state index contributed by atoms with van der Waals surface area (Å²) in [5, 5.41) is 7.35. The summed E-state index contributed by atoms with van der Waals surface area (Å²) < 4.78 is 12.1. The number of hydrogen-bond acceptors (Lipinski definition) is 5. The first-order valence-corrected chi connectivity index (χ1v) is 19.4. The van der Waals surface area contributed by atoms with Gasteiger partial charge in [-0.3, -0.25) is 0 Å². The van der Waals surface area contributed by atoms with Gasteiger partial charge in [-0.25, -0.2) is 0 Å². The molecular formula is C48H30N2OS2. The zero-order valence-electron chi connectivity index (χ0n) is 28.4. The third kappa shape index (κ3) is 4.93. The van der Waals surface area contributed by atoms with Gasteiger partial charge in [0.25, 0.3) is 0 Å². The maximum absolute atomic E-state index is 6.95. The van der Waals surface area contributed by atoms with Crippen LogP contribution < -0.4 is 9.80 Å². The second-order valence-electron chi connectivity index (χ2n) is 13.3. The van der Waals surface area contributed by atoms with Gasteiger partial charge < -0.3 is 14.2 Å². The lowest BCUT2D eigenvalue weighted by molar-refractivity contribution is 0.669. The summed E-state index contributed by atoms with van der Waals surface area (Å²) in [5.74, 6) is 0. The molecule has 3 heterocycles. The van der Waals surface area contributed by atoms with Crippen LogP contribution >= 0.6 is 22.7 Å². The van der Waals surface area contributed by atoms with Gasteiger partial charge in [-0.15, -0.1) is 22.7 Å². The molecule has 11 aromatic rings. The van der Waals surface area contributed by atoms with Crippen molar-refractivity contribution in [2.75, 3.05) is 9.80 Å². The molecule has 0 atom stereocenters. The highest BCUT2D eigenvalue weighted by Gasteiger charge is 2.22. The summed E-state index contributed by atoms with van der Waals surface area (Å²) in [6, 6.07) is 65.3. The van der Waals surface area contributed by atoms with E-state index >= 15 is 0 Å². The Bertz CT molecular complexity index is 3140. The van der Waals surface area contributed by atoms with Crippen LogP contribution in [0.3, 0.4) is 0 Å². The normalized spacial score (nSPS) is 11.8. The van der Waals surface area contributed by atoms with Crippen LogP contribution in [-0.2, 0) is 0 Å². The number of hydrogen-bond donors (Lipinski definition) is 0. The Balaban J connectivity index is 1.08. The molecule has 0 fully saturated rings. The molecule has 250 valence electrons. The van der Waals surface area contributed by atoms with E-state index in [2.05, 4.69) is 192 Å². The first-order chi connectivity index (χ1) is 26.3. The Morgan fingerprint density at radius 2 is 0.792 bits per heavy atom. The molecule has 53 heavy (non-hydrogen) atoms. The summed E-state index contributed by atoms with van der Waals surface area (Å²) in [5.41, 5.74) is 8.13. The second kappa shape index (κ2) is 12.1. The van der Waals surface area contributed by atoms with Crippen LogP contribution in [-0.4, -0.2) is 0 Å². The molecule has 0 amide bonds. The van der Waals surface area contributed by atoms with Crippen molar-refractivity contribution in [3.05, 3.63) is 182 Å². The van der Waals surface area contributed by atoms with Crippen molar-refractivity contribution >= 4 is 119 Å².